The number of benzene rings is 3. The van der Waals surface area contributed by atoms with Crippen LogP contribution >= 0.6 is 0 Å². The van der Waals surface area contributed by atoms with Gasteiger partial charge in [0, 0.05) is 6.42 Å². The fourth-order valence-electron chi connectivity index (χ4n) is 8.08. The van der Waals surface area contributed by atoms with Crippen molar-refractivity contribution in [2.75, 3.05) is 13.2 Å². The average Bonchev–Trinajstić information content (AvgIpc) is 3.36. The highest BCUT2D eigenvalue weighted by molar-refractivity contribution is 5.91. The normalized spacial score (nSPS) is 19.5. The van der Waals surface area contributed by atoms with Gasteiger partial charge in [-0.1, -0.05) is 132 Å². The maximum atomic E-state index is 14.3. The predicted molar refractivity (Wildman–Crippen MR) is 282 cm³/mol. The highest BCUT2D eigenvalue weighted by atomic mass is 16.8. The minimum absolute atomic E-state index is 0.0885. The van der Waals surface area contributed by atoms with Gasteiger partial charge in [0.15, 0.2) is 18.3 Å². The van der Waals surface area contributed by atoms with Crippen LogP contribution in [-0.4, -0.2) is 103 Å². The largest absolute Gasteiger partial charge is 0.509 e. The second-order valence-corrected chi connectivity index (χ2v) is 20.8. The number of amides is 1. The van der Waals surface area contributed by atoms with Crippen LogP contribution in [-0.2, 0) is 47.4 Å². The van der Waals surface area contributed by atoms with Crippen molar-refractivity contribution in [1.29, 1.82) is 0 Å². The molecule has 0 unspecified atom stereocenters. The molecule has 3 aromatic carbocycles. The third kappa shape index (κ3) is 22.2. The molecule has 7 atom stereocenters. The quantitative estimate of drug-likeness (QED) is 0.0312. The number of carbonyl (C=O) groups is 6. The standard InChI is InChI=1S/C59H81NO15/c1-10-12-14-16-18-20-31-39-48(61)60-45(46(38-30-19-17-15-13-11-2)69-52(62)42-32-24-21-25-33-42)40-68-59(9)51(72-54(64)44-36-28-23-29-37-44)50(70-53(63)43-34-26-22-27-35-43)49(71-56(66)75-58(6,7)8)47(73-59)41-67-55(65)74-57(3,4)5/h21-30,32-38,45-47,49-51H,10-20,31,39-41H2,1-9H3,(H,60,61)/t45-,46+,47+,49-,50-,51+,59+/m0/s1. The molecule has 0 aromatic heterocycles. The number of carbonyl (C=O) groups excluding carboxylic acids is 6. The van der Waals surface area contributed by atoms with Crippen molar-refractivity contribution >= 4 is 36.1 Å². The number of allylic oxidation sites excluding steroid dienone is 1. The zero-order valence-corrected chi connectivity index (χ0v) is 45.5. The van der Waals surface area contributed by atoms with Crippen LogP contribution in [0.4, 0.5) is 9.59 Å². The van der Waals surface area contributed by atoms with Crippen molar-refractivity contribution in [3.63, 3.8) is 0 Å². The van der Waals surface area contributed by atoms with E-state index < -0.39 is 97.0 Å². The lowest BCUT2D eigenvalue weighted by molar-refractivity contribution is -0.356. The van der Waals surface area contributed by atoms with Crippen LogP contribution < -0.4 is 5.32 Å². The molecule has 1 aliphatic rings. The van der Waals surface area contributed by atoms with Gasteiger partial charge in [0.25, 0.3) is 0 Å². The van der Waals surface area contributed by atoms with E-state index in [4.69, 9.17) is 42.6 Å². The maximum absolute atomic E-state index is 14.3. The van der Waals surface area contributed by atoms with Gasteiger partial charge >= 0.3 is 30.2 Å². The van der Waals surface area contributed by atoms with E-state index in [9.17, 15) is 28.8 Å². The first-order chi connectivity index (χ1) is 35.7. The highest BCUT2D eigenvalue weighted by Crippen LogP contribution is 2.38. The number of nitrogens with one attached hydrogen (secondary N) is 1. The van der Waals surface area contributed by atoms with Crippen LogP contribution in [0.5, 0.6) is 0 Å². The van der Waals surface area contributed by atoms with Gasteiger partial charge in [-0.15, -0.1) is 0 Å². The molecule has 1 heterocycles. The molecule has 1 N–H and O–H groups in total. The van der Waals surface area contributed by atoms with E-state index in [1.165, 1.54) is 31.2 Å². The molecule has 0 radical (unpaired) electrons. The molecular formula is C59H81NO15. The summed E-state index contributed by atoms with van der Waals surface area (Å²) in [6.45, 7) is 14.3. The van der Waals surface area contributed by atoms with E-state index in [2.05, 4.69) is 19.2 Å². The van der Waals surface area contributed by atoms with Crippen LogP contribution in [0.3, 0.4) is 0 Å². The molecule has 1 saturated heterocycles. The first-order valence-electron chi connectivity index (χ1n) is 26.5. The van der Waals surface area contributed by atoms with Gasteiger partial charge in [0.1, 0.15) is 30.0 Å². The van der Waals surface area contributed by atoms with Crippen LogP contribution in [0.15, 0.2) is 103 Å². The Labute approximate surface area is 443 Å². The molecule has 4 rings (SSSR count). The van der Waals surface area contributed by atoms with E-state index in [0.717, 1.165) is 64.2 Å². The third-order valence-corrected chi connectivity index (χ3v) is 11.9. The Kier molecular flexibility index (Phi) is 25.3. The summed E-state index contributed by atoms with van der Waals surface area (Å²) in [5.74, 6) is -5.02. The van der Waals surface area contributed by atoms with Crippen LogP contribution in [0.2, 0.25) is 0 Å². The number of hydrogen-bond donors (Lipinski definition) is 1. The van der Waals surface area contributed by atoms with E-state index >= 15 is 0 Å². The first kappa shape index (κ1) is 61.3. The second kappa shape index (κ2) is 30.9. The van der Waals surface area contributed by atoms with E-state index in [1.54, 1.807) is 114 Å². The van der Waals surface area contributed by atoms with Gasteiger partial charge in [-0.2, -0.15) is 0 Å². The molecule has 1 fully saturated rings. The molecule has 16 nitrogen and oxygen atoms in total. The monoisotopic (exact) mass is 1040 g/mol. The van der Waals surface area contributed by atoms with Crippen molar-refractivity contribution in [3.8, 4) is 0 Å². The van der Waals surface area contributed by atoms with Gasteiger partial charge in [-0.05, 0) is 110 Å². The van der Waals surface area contributed by atoms with E-state index in [0.29, 0.717) is 12.8 Å². The minimum Gasteiger partial charge on any atom is -0.452 e. The topological polar surface area (TPSA) is 198 Å². The Morgan fingerprint density at radius 1 is 0.613 bits per heavy atom. The van der Waals surface area contributed by atoms with E-state index in [-0.39, 0.29) is 29.0 Å². The van der Waals surface area contributed by atoms with Gasteiger partial charge in [0.2, 0.25) is 11.7 Å². The average molecular weight is 1040 g/mol. The molecule has 1 aliphatic heterocycles. The summed E-state index contributed by atoms with van der Waals surface area (Å²) >= 11 is 0. The Morgan fingerprint density at radius 3 is 1.65 bits per heavy atom. The van der Waals surface area contributed by atoms with Crippen molar-refractivity contribution in [3.05, 3.63) is 120 Å². The number of hydrogen-bond acceptors (Lipinski definition) is 15. The number of esters is 3. The van der Waals surface area contributed by atoms with Crippen molar-refractivity contribution in [1.82, 2.24) is 5.32 Å². The lowest BCUT2D eigenvalue weighted by Crippen LogP contribution is -2.68. The molecule has 3 aromatic rings. The third-order valence-electron chi connectivity index (χ3n) is 11.9. The highest BCUT2D eigenvalue weighted by Gasteiger charge is 2.60. The summed E-state index contributed by atoms with van der Waals surface area (Å²) in [7, 11) is 0. The fourth-order valence-corrected chi connectivity index (χ4v) is 8.08. The van der Waals surface area contributed by atoms with Gasteiger partial charge in [-0.25, -0.2) is 24.0 Å². The van der Waals surface area contributed by atoms with E-state index in [1.807, 2.05) is 6.08 Å². The molecule has 412 valence electrons. The van der Waals surface area contributed by atoms with Crippen molar-refractivity contribution in [2.45, 2.75) is 199 Å². The molecule has 16 heteroatoms. The zero-order valence-electron chi connectivity index (χ0n) is 45.5. The number of unbranched alkanes of at least 4 members (excludes halogenated alkanes) is 10. The molecule has 0 aliphatic carbocycles. The predicted octanol–water partition coefficient (Wildman–Crippen LogP) is 12.2. The van der Waals surface area contributed by atoms with Gasteiger partial charge in [-0.3, -0.25) is 4.79 Å². The van der Waals surface area contributed by atoms with Crippen LogP contribution in [0.1, 0.15) is 177 Å². The summed E-state index contributed by atoms with van der Waals surface area (Å²) in [5.41, 5.74) is -1.58. The van der Waals surface area contributed by atoms with Crippen molar-refractivity contribution < 1.29 is 71.4 Å². The zero-order chi connectivity index (χ0) is 54.9. The molecule has 75 heavy (non-hydrogen) atoms. The second-order valence-electron chi connectivity index (χ2n) is 20.8. The number of ether oxygens (including phenoxy) is 9. The summed E-state index contributed by atoms with van der Waals surface area (Å²) in [6, 6.07) is 23.3. The van der Waals surface area contributed by atoms with Gasteiger partial charge in [0.05, 0.1) is 29.3 Å². The smallest absolute Gasteiger partial charge is 0.452 e. The molecule has 0 saturated carbocycles. The number of rotatable bonds is 28. The van der Waals surface area contributed by atoms with Crippen molar-refractivity contribution in [2.24, 2.45) is 0 Å². The Morgan fingerprint density at radius 2 is 1.11 bits per heavy atom. The lowest BCUT2D eigenvalue weighted by atomic mass is 9.92. The Hall–Kier alpha value is -6.26. The summed E-state index contributed by atoms with van der Waals surface area (Å²) < 4.78 is 54.8. The minimum atomic E-state index is -2.21. The summed E-state index contributed by atoms with van der Waals surface area (Å²) in [6.07, 6.45) is 5.02. The Balaban J connectivity index is 1.88. The summed E-state index contributed by atoms with van der Waals surface area (Å²) in [4.78, 5) is 83.4. The van der Waals surface area contributed by atoms with Crippen LogP contribution in [0, 0.1) is 0 Å². The molecular weight excluding hydrogens is 963 g/mol. The molecule has 1 amide bonds. The first-order valence-corrected chi connectivity index (χ1v) is 26.5. The van der Waals surface area contributed by atoms with Gasteiger partial charge < -0.3 is 47.9 Å². The molecule has 0 bridgehead atoms. The summed E-state index contributed by atoms with van der Waals surface area (Å²) in [5, 5.41) is 3.07. The Bertz CT molecular complexity index is 2240. The molecule has 0 spiro atoms. The SMILES string of the molecule is CCCCCCC=C[C@@H](OC(=O)c1ccccc1)[C@H](CO[C@]1(C)O[C@H](COC(=O)OC(C)(C)C)[C@H](OC(=O)OC(C)(C)C)[C@H](OC(=O)c2ccccc2)[C@H]1OC(=O)c1ccccc1)NC(=O)CCCCCCCCC. The lowest BCUT2D eigenvalue weighted by Gasteiger charge is -2.49. The fraction of sp³-hybridized carbons (Fsp3) is 0.559. The van der Waals surface area contributed by atoms with Crippen LogP contribution in [0.25, 0.3) is 0 Å². The maximum Gasteiger partial charge on any atom is 0.509 e.